The molecule has 4 aromatic rings. The van der Waals surface area contributed by atoms with Crippen LogP contribution in [-0.2, 0) is 16.6 Å². The zero-order valence-corrected chi connectivity index (χ0v) is 23.3. The summed E-state index contributed by atoms with van der Waals surface area (Å²) < 4.78 is 31.1. The Labute approximate surface area is 228 Å². The Bertz CT molecular complexity index is 1600. The van der Waals surface area contributed by atoms with Crippen LogP contribution < -0.4 is 9.62 Å². The largest absolute Gasteiger partial charge is 0.494 e. The maximum Gasteiger partial charge on any atom is 0.270 e. The van der Waals surface area contributed by atoms with Crippen molar-refractivity contribution in [2.45, 2.75) is 31.7 Å². The molecule has 200 valence electrons. The van der Waals surface area contributed by atoms with Crippen LogP contribution in [0, 0.1) is 0 Å². The van der Waals surface area contributed by atoms with Gasteiger partial charge in [-0.3, -0.25) is 13.7 Å². The fourth-order valence-electron chi connectivity index (χ4n) is 4.69. The summed E-state index contributed by atoms with van der Waals surface area (Å²) in [6, 6.07) is 13.8. The smallest absolute Gasteiger partial charge is 0.270 e. The van der Waals surface area contributed by atoms with Gasteiger partial charge in [0.2, 0.25) is 10.0 Å². The van der Waals surface area contributed by atoms with Crippen LogP contribution in [0.1, 0.15) is 41.2 Å². The third kappa shape index (κ3) is 4.97. The molecule has 1 amide bonds. The lowest BCUT2D eigenvalue weighted by molar-refractivity contribution is 0.0957. The van der Waals surface area contributed by atoms with Crippen molar-refractivity contribution in [1.82, 2.24) is 19.7 Å². The molecule has 3 N–H and O–H groups in total. The number of hydrogen-bond donors (Lipinski definition) is 3. The van der Waals surface area contributed by atoms with Gasteiger partial charge in [-0.15, -0.1) is 0 Å². The van der Waals surface area contributed by atoms with E-state index < -0.39 is 10.0 Å². The van der Waals surface area contributed by atoms with Crippen molar-refractivity contribution in [3.05, 3.63) is 64.3 Å². The van der Waals surface area contributed by atoms with Crippen LogP contribution in [-0.4, -0.2) is 58.7 Å². The Morgan fingerprint density at radius 1 is 1.13 bits per heavy atom. The van der Waals surface area contributed by atoms with E-state index in [1.54, 1.807) is 17.8 Å². The molecule has 2 aromatic heterocycles. The first kappa shape index (κ1) is 26.1. The molecule has 0 bridgehead atoms. The molecule has 1 fully saturated rings. The van der Waals surface area contributed by atoms with E-state index in [4.69, 9.17) is 5.10 Å². The van der Waals surface area contributed by atoms with Gasteiger partial charge >= 0.3 is 0 Å². The zero-order chi connectivity index (χ0) is 27.2. The first-order chi connectivity index (χ1) is 18.1. The lowest BCUT2D eigenvalue weighted by Gasteiger charge is -2.25. The fourth-order valence-corrected chi connectivity index (χ4v) is 5.93. The molecule has 2 heterocycles. The minimum atomic E-state index is -3.68. The van der Waals surface area contributed by atoms with Crippen molar-refractivity contribution in [1.29, 1.82) is 0 Å². The molecule has 12 heteroatoms. The van der Waals surface area contributed by atoms with Gasteiger partial charge in [0.1, 0.15) is 5.69 Å². The van der Waals surface area contributed by atoms with E-state index in [0.717, 1.165) is 29.1 Å². The topological polar surface area (TPSA) is 130 Å². The van der Waals surface area contributed by atoms with Crippen molar-refractivity contribution in [3.63, 3.8) is 0 Å². The van der Waals surface area contributed by atoms with E-state index >= 15 is 0 Å². The van der Waals surface area contributed by atoms with Crippen molar-refractivity contribution in [2.24, 2.45) is 0 Å². The fraction of sp³-hybridized carbons (Fsp3) is 0.308. The lowest BCUT2D eigenvalue weighted by Crippen LogP contribution is -2.32. The standard InChI is InChI=1S/C26H28BrN5O5S/c1-28-26(35)25-20-14-19(16-4-5-16)22(15-21(20)29-32(25)18-8-6-17(27)7-9-18)31(38(2,36)37)13-3-12-30-23(33)10-11-24(30)34/h6-11,14-16,33-34H,3-5,12-13H2,1-2H3,(H,28,35). The Kier molecular flexibility index (Phi) is 6.86. The molecule has 10 nitrogen and oxygen atoms in total. The molecule has 0 atom stereocenters. The highest BCUT2D eigenvalue weighted by Crippen LogP contribution is 2.46. The summed E-state index contributed by atoms with van der Waals surface area (Å²) in [6.07, 6.45) is 3.37. The van der Waals surface area contributed by atoms with Crippen molar-refractivity contribution >= 4 is 48.5 Å². The monoisotopic (exact) mass is 601 g/mol. The van der Waals surface area contributed by atoms with E-state index in [0.29, 0.717) is 34.4 Å². The number of fused-ring (bicyclic) bond motifs is 1. The number of benzene rings is 2. The highest BCUT2D eigenvalue weighted by atomic mass is 79.9. The van der Waals surface area contributed by atoms with E-state index in [1.807, 2.05) is 30.3 Å². The first-order valence-corrected chi connectivity index (χ1v) is 14.8. The highest BCUT2D eigenvalue weighted by molar-refractivity contribution is 9.10. The van der Waals surface area contributed by atoms with E-state index in [9.17, 15) is 23.4 Å². The number of carbonyl (C=O) groups is 1. The summed E-state index contributed by atoms with van der Waals surface area (Å²) in [6.45, 7) is 0.369. The summed E-state index contributed by atoms with van der Waals surface area (Å²) in [5.41, 5.74) is 2.97. The third-order valence-corrected chi connectivity index (χ3v) is 8.41. The van der Waals surface area contributed by atoms with Gasteiger partial charge < -0.3 is 15.5 Å². The van der Waals surface area contributed by atoms with Crippen LogP contribution in [0.5, 0.6) is 11.8 Å². The number of anilines is 1. The van der Waals surface area contributed by atoms with Gasteiger partial charge in [0.25, 0.3) is 5.91 Å². The molecule has 1 aliphatic rings. The van der Waals surface area contributed by atoms with Crippen LogP contribution in [0.4, 0.5) is 5.69 Å². The predicted molar refractivity (Wildman–Crippen MR) is 149 cm³/mol. The number of sulfonamides is 1. The van der Waals surface area contributed by atoms with Gasteiger partial charge in [-0.2, -0.15) is 5.10 Å². The van der Waals surface area contributed by atoms with Crippen LogP contribution in [0.25, 0.3) is 16.6 Å². The second kappa shape index (κ2) is 9.99. The average Bonchev–Trinajstić information content (AvgIpc) is 3.58. The van der Waals surface area contributed by atoms with Gasteiger partial charge in [-0.1, -0.05) is 15.9 Å². The minimum Gasteiger partial charge on any atom is -0.494 e. The number of halogens is 1. The number of aromatic nitrogens is 3. The van der Waals surface area contributed by atoms with Gasteiger partial charge in [-0.25, -0.2) is 13.1 Å². The van der Waals surface area contributed by atoms with Crippen LogP contribution in [0.15, 0.2) is 53.0 Å². The van der Waals surface area contributed by atoms with Gasteiger partial charge in [0.05, 0.1) is 23.1 Å². The number of nitrogens with zero attached hydrogens (tertiary/aromatic N) is 4. The van der Waals surface area contributed by atoms with E-state index in [2.05, 4.69) is 21.2 Å². The van der Waals surface area contributed by atoms with Gasteiger partial charge in [-0.05, 0) is 67.1 Å². The second-order valence-corrected chi connectivity index (χ2v) is 12.2. The van der Waals surface area contributed by atoms with E-state index in [1.165, 1.54) is 21.0 Å². The average molecular weight is 603 g/mol. The Balaban J connectivity index is 1.61. The molecule has 0 radical (unpaired) electrons. The molecular formula is C26H28BrN5O5S. The summed E-state index contributed by atoms with van der Waals surface area (Å²) in [4.78, 5) is 13.0. The molecule has 0 saturated heterocycles. The van der Waals surface area contributed by atoms with Crippen molar-refractivity contribution < 1.29 is 23.4 Å². The summed E-state index contributed by atoms with van der Waals surface area (Å²) >= 11 is 3.43. The number of hydrogen-bond acceptors (Lipinski definition) is 6. The first-order valence-electron chi connectivity index (χ1n) is 12.2. The van der Waals surface area contributed by atoms with Crippen LogP contribution >= 0.6 is 15.9 Å². The highest BCUT2D eigenvalue weighted by Gasteiger charge is 2.32. The molecule has 2 aromatic carbocycles. The quantitative estimate of drug-likeness (QED) is 0.265. The Hall–Kier alpha value is -3.51. The van der Waals surface area contributed by atoms with Gasteiger partial charge in [0.15, 0.2) is 11.8 Å². The molecule has 38 heavy (non-hydrogen) atoms. The number of amides is 1. The summed E-state index contributed by atoms with van der Waals surface area (Å²) in [5, 5.41) is 28.0. The zero-order valence-electron chi connectivity index (χ0n) is 20.9. The maximum atomic E-state index is 13.0. The lowest BCUT2D eigenvalue weighted by atomic mass is 10.0. The summed E-state index contributed by atoms with van der Waals surface area (Å²) in [5.74, 6) is -0.289. The van der Waals surface area contributed by atoms with Crippen molar-refractivity contribution in [2.75, 3.05) is 24.2 Å². The SMILES string of the molecule is CNC(=O)c1c2cc(C3CC3)c(N(CCCn3c(O)ccc3O)S(C)(=O)=O)cc2nn1-c1ccc(Br)cc1. The van der Waals surface area contributed by atoms with Crippen molar-refractivity contribution in [3.8, 4) is 17.4 Å². The summed E-state index contributed by atoms with van der Waals surface area (Å²) in [7, 11) is -2.11. The third-order valence-electron chi connectivity index (χ3n) is 6.70. The molecule has 1 saturated carbocycles. The maximum absolute atomic E-state index is 13.0. The molecular weight excluding hydrogens is 574 g/mol. The number of rotatable bonds is 9. The van der Waals surface area contributed by atoms with Gasteiger partial charge in [0, 0.05) is 42.1 Å². The Morgan fingerprint density at radius 2 is 1.79 bits per heavy atom. The van der Waals surface area contributed by atoms with E-state index in [-0.39, 0.29) is 36.7 Å². The molecule has 5 rings (SSSR count). The van der Waals surface area contributed by atoms with Crippen LogP contribution in [0.2, 0.25) is 0 Å². The minimum absolute atomic E-state index is 0.0892. The predicted octanol–water partition coefficient (Wildman–Crippen LogP) is 4.09. The number of carbonyl (C=O) groups excluding carboxylic acids is 1. The number of aromatic hydroxyl groups is 2. The normalized spacial score (nSPS) is 13.7. The molecule has 0 spiro atoms. The molecule has 0 aliphatic heterocycles. The van der Waals surface area contributed by atoms with Crippen LogP contribution in [0.3, 0.4) is 0 Å². The second-order valence-electron chi connectivity index (χ2n) is 9.41. The Morgan fingerprint density at radius 3 is 2.37 bits per heavy atom. The molecule has 1 aliphatic carbocycles. The molecule has 0 unspecified atom stereocenters. The number of nitrogens with one attached hydrogen (secondary N) is 1.